The predicted octanol–water partition coefficient (Wildman–Crippen LogP) is 3.39. The number of nitrogens with one attached hydrogen (secondary N) is 1. The SMILES string of the molecule is c1ccc2c(c1)NC(c1nnnn1C1CCCCC1)C21CCOCC1. The second kappa shape index (κ2) is 6.09. The Bertz CT molecular complexity index is 746. The molecule has 0 bridgehead atoms. The van der Waals surface area contributed by atoms with Crippen LogP contribution in [0.1, 0.15) is 68.4 Å². The maximum Gasteiger partial charge on any atom is 0.174 e. The van der Waals surface area contributed by atoms with Crippen molar-refractivity contribution in [2.45, 2.75) is 62.4 Å². The van der Waals surface area contributed by atoms with Crippen LogP contribution in [0.4, 0.5) is 5.69 Å². The van der Waals surface area contributed by atoms with Crippen molar-refractivity contribution in [1.82, 2.24) is 20.2 Å². The number of hydrogen-bond donors (Lipinski definition) is 1. The highest BCUT2D eigenvalue weighted by Gasteiger charge is 2.50. The number of fused-ring (bicyclic) bond motifs is 2. The highest BCUT2D eigenvalue weighted by atomic mass is 16.5. The Balaban J connectivity index is 1.57. The minimum atomic E-state index is 0.0377. The van der Waals surface area contributed by atoms with Gasteiger partial charge >= 0.3 is 0 Å². The number of aromatic nitrogens is 4. The molecule has 1 spiro atoms. The molecule has 5 rings (SSSR count). The van der Waals surface area contributed by atoms with E-state index in [-0.39, 0.29) is 11.5 Å². The lowest BCUT2D eigenvalue weighted by Crippen LogP contribution is -2.40. The van der Waals surface area contributed by atoms with Gasteiger partial charge in [0.15, 0.2) is 5.82 Å². The molecule has 2 aliphatic heterocycles. The minimum Gasteiger partial charge on any atom is -0.381 e. The fourth-order valence-electron chi connectivity index (χ4n) is 5.07. The molecule has 1 atom stereocenters. The third kappa shape index (κ3) is 2.38. The number of anilines is 1. The number of ether oxygens (including phenoxy) is 1. The van der Waals surface area contributed by atoms with Crippen LogP contribution in [0.2, 0.25) is 0 Å². The first-order valence-corrected chi connectivity index (χ1v) is 9.60. The van der Waals surface area contributed by atoms with Gasteiger partial charge in [0.2, 0.25) is 0 Å². The molecular formula is C19H25N5O. The Hall–Kier alpha value is -1.95. The molecule has 2 fully saturated rings. The maximum absolute atomic E-state index is 5.70. The van der Waals surface area contributed by atoms with Crippen LogP contribution < -0.4 is 5.32 Å². The Morgan fingerprint density at radius 3 is 2.72 bits per heavy atom. The molecule has 3 aliphatic rings. The van der Waals surface area contributed by atoms with Gasteiger partial charge in [-0.15, -0.1) is 5.10 Å². The van der Waals surface area contributed by atoms with Gasteiger partial charge in [-0.3, -0.25) is 0 Å². The fraction of sp³-hybridized carbons (Fsp3) is 0.632. The van der Waals surface area contributed by atoms with Gasteiger partial charge in [0.05, 0.1) is 12.1 Å². The van der Waals surface area contributed by atoms with Gasteiger partial charge in [0.25, 0.3) is 0 Å². The second-order valence-electron chi connectivity index (χ2n) is 7.66. The van der Waals surface area contributed by atoms with Crippen molar-refractivity contribution in [2.24, 2.45) is 0 Å². The summed E-state index contributed by atoms with van der Waals surface area (Å²) >= 11 is 0. The average Bonchev–Trinajstić information content (AvgIpc) is 3.27. The van der Waals surface area contributed by atoms with Gasteiger partial charge in [-0.25, -0.2) is 4.68 Å². The summed E-state index contributed by atoms with van der Waals surface area (Å²) < 4.78 is 7.82. The molecule has 0 radical (unpaired) electrons. The van der Waals surface area contributed by atoms with E-state index in [0.29, 0.717) is 6.04 Å². The van der Waals surface area contributed by atoms with Gasteiger partial charge < -0.3 is 10.1 Å². The normalized spacial score (nSPS) is 25.7. The quantitative estimate of drug-likeness (QED) is 0.908. The summed E-state index contributed by atoms with van der Waals surface area (Å²) in [6.45, 7) is 1.61. The lowest BCUT2D eigenvalue weighted by molar-refractivity contribution is 0.0439. The molecule has 6 nitrogen and oxygen atoms in total. The first kappa shape index (κ1) is 15.3. The van der Waals surface area contributed by atoms with Crippen LogP contribution in [0, 0.1) is 0 Å². The third-order valence-corrected chi connectivity index (χ3v) is 6.40. The topological polar surface area (TPSA) is 64.9 Å². The summed E-state index contributed by atoms with van der Waals surface area (Å²) in [6.07, 6.45) is 8.30. The summed E-state index contributed by atoms with van der Waals surface area (Å²) in [6, 6.07) is 9.27. The number of rotatable bonds is 2. The summed E-state index contributed by atoms with van der Waals surface area (Å²) in [5.41, 5.74) is 2.67. The van der Waals surface area contributed by atoms with E-state index in [9.17, 15) is 0 Å². The van der Waals surface area contributed by atoms with E-state index in [1.54, 1.807) is 0 Å². The van der Waals surface area contributed by atoms with E-state index in [2.05, 4.69) is 49.8 Å². The van der Waals surface area contributed by atoms with Crippen molar-refractivity contribution >= 4 is 5.69 Å². The highest BCUT2D eigenvalue weighted by molar-refractivity contribution is 5.63. The van der Waals surface area contributed by atoms with Crippen molar-refractivity contribution < 1.29 is 4.74 Å². The average molecular weight is 339 g/mol. The van der Waals surface area contributed by atoms with Crippen LogP contribution in [-0.2, 0) is 10.2 Å². The fourth-order valence-corrected chi connectivity index (χ4v) is 5.07. The largest absolute Gasteiger partial charge is 0.381 e. The van der Waals surface area contributed by atoms with Crippen molar-refractivity contribution in [3.05, 3.63) is 35.7 Å². The van der Waals surface area contributed by atoms with Crippen LogP contribution in [0.3, 0.4) is 0 Å². The van der Waals surface area contributed by atoms with E-state index in [1.807, 2.05) is 0 Å². The number of nitrogens with zero attached hydrogens (tertiary/aromatic N) is 4. The van der Waals surface area contributed by atoms with Crippen molar-refractivity contribution in [3.8, 4) is 0 Å². The zero-order valence-electron chi connectivity index (χ0n) is 14.5. The predicted molar refractivity (Wildman–Crippen MR) is 94.5 cm³/mol. The van der Waals surface area contributed by atoms with E-state index < -0.39 is 0 Å². The Kier molecular flexibility index (Phi) is 3.73. The van der Waals surface area contributed by atoms with Gasteiger partial charge in [-0.1, -0.05) is 37.5 Å². The molecule has 3 heterocycles. The zero-order valence-corrected chi connectivity index (χ0v) is 14.5. The molecule has 1 aliphatic carbocycles. The number of tetrazole rings is 1. The van der Waals surface area contributed by atoms with E-state index in [0.717, 1.165) is 31.9 Å². The Labute approximate surface area is 147 Å². The molecular weight excluding hydrogens is 314 g/mol. The van der Waals surface area contributed by atoms with Crippen LogP contribution in [0.5, 0.6) is 0 Å². The van der Waals surface area contributed by atoms with Gasteiger partial charge in [-0.2, -0.15) is 0 Å². The molecule has 132 valence electrons. The highest BCUT2D eigenvalue weighted by Crippen LogP contribution is 2.53. The summed E-state index contributed by atoms with van der Waals surface area (Å²) in [4.78, 5) is 0. The monoisotopic (exact) mass is 339 g/mol. The summed E-state index contributed by atoms with van der Waals surface area (Å²) in [5.74, 6) is 1.00. The molecule has 1 aromatic carbocycles. The molecule has 25 heavy (non-hydrogen) atoms. The standard InChI is InChI=1S/C19H25N5O/c1-2-6-14(7-3-1)24-18(21-22-23-24)17-19(10-12-25-13-11-19)15-8-4-5-9-16(15)20-17/h4-5,8-9,14,17,20H,1-3,6-7,10-13H2. The number of hydrogen-bond acceptors (Lipinski definition) is 5. The van der Waals surface area contributed by atoms with Gasteiger partial charge in [0.1, 0.15) is 0 Å². The van der Waals surface area contributed by atoms with Crippen molar-refractivity contribution in [1.29, 1.82) is 0 Å². The summed E-state index contributed by atoms with van der Waals surface area (Å²) in [7, 11) is 0. The lowest BCUT2D eigenvalue weighted by Gasteiger charge is -2.38. The van der Waals surface area contributed by atoms with Crippen molar-refractivity contribution in [2.75, 3.05) is 18.5 Å². The molecule has 0 amide bonds. The number of benzene rings is 1. The lowest BCUT2D eigenvalue weighted by atomic mass is 9.70. The van der Waals surface area contributed by atoms with E-state index >= 15 is 0 Å². The van der Waals surface area contributed by atoms with Crippen molar-refractivity contribution in [3.63, 3.8) is 0 Å². The van der Waals surface area contributed by atoms with Gasteiger partial charge in [-0.05, 0) is 47.7 Å². The maximum atomic E-state index is 5.70. The zero-order chi connectivity index (χ0) is 16.7. The van der Waals surface area contributed by atoms with Crippen LogP contribution in [0.15, 0.2) is 24.3 Å². The third-order valence-electron chi connectivity index (χ3n) is 6.40. The molecule has 1 N–H and O–H groups in total. The molecule has 1 saturated carbocycles. The summed E-state index contributed by atoms with van der Waals surface area (Å²) in [5, 5.41) is 16.7. The van der Waals surface area contributed by atoms with Crippen LogP contribution in [-0.4, -0.2) is 33.4 Å². The second-order valence-corrected chi connectivity index (χ2v) is 7.66. The van der Waals surface area contributed by atoms with Crippen LogP contribution in [0.25, 0.3) is 0 Å². The molecule has 2 aromatic rings. The molecule has 6 heteroatoms. The smallest absolute Gasteiger partial charge is 0.174 e. The van der Waals surface area contributed by atoms with E-state index in [1.165, 1.54) is 43.4 Å². The Morgan fingerprint density at radius 1 is 1.08 bits per heavy atom. The first-order valence-electron chi connectivity index (χ1n) is 9.60. The van der Waals surface area contributed by atoms with E-state index in [4.69, 9.17) is 4.74 Å². The minimum absolute atomic E-state index is 0.0377. The molecule has 1 aromatic heterocycles. The molecule has 1 unspecified atom stereocenters. The number of para-hydroxylation sites is 1. The van der Waals surface area contributed by atoms with Crippen LogP contribution >= 0.6 is 0 Å². The molecule has 1 saturated heterocycles. The van der Waals surface area contributed by atoms with Gasteiger partial charge in [0, 0.05) is 24.3 Å². The first-order chi connectivity index (χ1) is 12.4. The Morgan fingerprint density at radius 2 is 1.88 bits per heavy atom.